The molecule has 0 aliphatic carbocycles. The van der Waals surface area contributed by atoms with E-state index in [0.29, 0.717) is 24.5 Å². The maximum atomic E-state index is 11.2. The van der Waals surface area contributed by atoms with E-state index in [1.807, 2.05) is 6.07 Å². The average Bonchev–Trinajstić information content (AvgIpc) is 2.25. The maximum absolute atomic E-state index is 11.2. The molecule has 1 aromatic heterocycles. The van der Waals surface area contributed by atoms with Crippen molar-refractivity contribution in [2.45, 2.75) is 12.8 Å². The number of nitrogens with one attached hydrogen (secondary N) is 1. The molecule has 0 fully saturated rings. The first-order chi connectivity index (χ1) is 6.25. The molecule has 0 saturated heterocycles. The van der Waals surface area contributed by atoms with E-state index < -0.39 is 0 Å². The zero-order chi connectivity index (χ0) is 9.26. The van der Waals surface area contributed by atoms with E-state index in [9.17, 15) is 4.79 Å². The Labute approximate surface area is 81.1 Å². The number of nitrogens with zero attached hydrogens (tertiary/aromatic N) is 1. The first-order valence-corrected chi connectivity index (χ1v) is 4.54. The fraction of sp³-hybridized carbons (Fsp3) is 0.333. The molecule has 1 N–H and O–H groups in total. The van der Waals surface area contributed by atoms with Crippen LogP contribution in [0.5, 0.6) is 0 Å². The van der Waals surface area contributed by atoms with Crippen LogP contribution in [0.4, 0.5) is 5.82 Å². The highest BCUT2D eigenvalue weighted by atomic mass is 35.5. The van der Waals surface area contributed by atoms with Crippen LogP contribution in [0.1, 0.15) is 12.0 Å². The normalized spacial score (nSPS) is 15.9. The van der Waals surface area contributed by atoms with Gasteiger partial charge in [-0.25, -0.2) is 4.98 Å². The summed E-state index contributed by atoms with van der Waals surface area (Å²) in [5.74, 6) is 0.994. The molecule has 13 heavy (non-hydrogen) atoms. The van der Waals surface area contributed by atoms with E-state index in [4.69, 9.17) is 11.6 Å². The lowest BCUT2D eigenvalue weighted by Crippen LogP contribution is -2.04. The minimum absolute atomic E-state index is 0.246. The summed E-state index contributed by atoms with van der Waals surface area (Å²) in [6, 6.07) is 3.56. The van der Waals surface area contributed by atoms with Gasteiger partial charge in [0, 0.05) is 24.9 Å². The number of rotatable bonds is 0. The predicted molar refractivity (Wildman–Crippen MR) is 51.1 cm³/mol. The van der Waals surface area contributed by atoms with Gasteiger partial charge in [0.1, 0.15) is 16.8 Å². The van der Waals surface area contributed by atoms with Crippen molar-refractivity contribution < 1.29 is 4.79 Å². The fourth-order valence-corrected chi connectivity index (χ4v) is 1.53. The number of hydrogen-bond acceptors (Lipinski definition) is 3. The molecule has 2 heterocycles. The van der Waals surface area contributed by atoms with Gasteiger partial charge in [-0.2, -0.15) is 0 Å². The Hall–Kier alpha value is -1.09. The molecule has 3 nitrogen and oxygen atoms in total. The third-order valence-electron chi connectivity index (χ3n) is 2.03. The van der Waals surface area contributed by atoms with Gasteiger partial charge in [0.25, 0.3) is 0 Å². The second-order valence-corrected chi connectivity index (χ2v) is 3.42. The highest BCUT2D eigenvalue weighted by molar-refractivity contribution is 6.29. The van der Waals surface area contributed by atoms with Crippen LogP contribution >= 0.6 is 11.6 Å². The van der Waals surface area contributed by atoms with Crippen molar-refractivity contribution >= 4 is 23.2 Å². The number of carbonyl (C=O) groups is 1. The number of aromatic nitrogens is 1. The molecule has 0 amide bonds. The number of anilines is 1. The molecular formula is C9H9ClN2O. The monoisotopic (exact) mass is 196 g/mol. The first-order valence-electron chi connectivity index (χ1n) is 4.17. The van der Waals surface area contributed by atoms with Crippen molar-refractivity contribution in [2.75, 3.05) is 11.9 Å². The molecule has 0 atom stereocenters. The van der Waals surface area contributed by atoms with Gasteiger partial charge in [-0.15, -0.1) is 0 Å². The SMILES string of the molecule is O=C1CCNc2nc(Cl)ccc2C1. The van der Waals surface area contributed by atoms with E-state index in [-0.39, 0.29) is 5.78 Å². The van der Waals surface area contributed by atoms with Gasteiger partial charge in [-0.05, 0) is 6.07 Å². The fourth-order valence-electron chi connectivity index (χ4n) is 1.38. The van der Waals surface area contributed by atoms with Crippen LogP contribution in [0.3, 0.4) is 0 Å². The number of fused-ring (bicyclic) bond motifs is 1. The first kappa shape index (κ1) is 8.51. The summed E-state index contributed by atoms with van der Waals surface area (Å²) in [6.45, 7) is 0.652. The standard InChI is InChI=1S/C9H9ClN2O/c10-8-2-1-6-5-7(13)3-4-11-9(6)12-8/h1-2H,3-5H2,(H,11,12). The zero-order valence-electron chi connectivity index (χ0n) is 7.01. The molecule has 4 heteroatoms. The summed E-state index contributed by atoms with van der Waals surface area (Å²) < 4.78 is 0. The van der Waals surface area contributed by atoms with Gasteiger partial charge < -0.3 is 5.32 Å². The lowest BCUT2D eigenvalue weighted by atomic mass is 10.1. The lowest BCUT2D eigenvalue weighted by molar-refractivity contribution is -0.118. The minimum Gasteiger partial charge on any atom is -0.369 e. The third-order valence-corrected chi connectivity index (χ3v) is 2.24. The largest absolute Gasteiger partial charge is 0.369 e. The van der Waals surface area contributed by atoms with Crippen molar-refractivity contribution in [3.05, 3.63) is 22.8 Å². The average molecular weight is 197 g/mol. The van der Waals surface area contributed by atoms with Crippen LogP contribution < -0.4 is 5.32 Å². The second kappa shape index (κ2) is 3.34. The number of pyridine rings is 1. The summed E-state index contributed by atoms with van der Waals surface area (Å²) in [4.78, 5) is 15.3. The third kappa shape index (κ3) is 1.80. The van der Waals surface area contributed by atoms with Gasteiger partial charge in [-0.1, -0.05) is 17.7 Å². The molecule has 0 spiro atoms. The zero-order valence-corrected chi connectivity index (χ0v) is 7.77. The topological polar surface area (TPSA) is 42.0 Å². The predicted octanol–water partition coefficient (Wildman–Crippen LogP) is 1.66. The minimum atomic E-state index is 0.246. The summed E-state index contributed by atoms with van der Waals surface area (Å²) >= 11 is 5.73. The van der Waals surface area contributed by atoms with E-state index >= 15 is 0 Å². The van der Waals surface area contributed by atoms with Crippen LogP contribution in [0.2, 0.25) is 5.15 Å². The number of ketones is 1. The highest BCUT2D eigenvalue weighted by Crippen LogP contribution is 2.19. The molecule has 1 aromatic rings. The summed E-state index contributed by atoms with van der Waals surface area (Å²) in [5, 5.41) is 3.54. The van der Waals surface area contributed by atoms with E-state index in [2.05, 4.69) is 10.3 Å². The maximum Gasteiger partial charge on any atom is 0.139 e. The molecule has 1 aliphatic rings. The van der Waals surface area contributed by atoms with Crippen LogP contribution in [-0.2, 0) is 11.2 Å². The van der Waals surface area contributed by atoms with Crippen LogP contribution in [0.15, 0.2) is 12.1 Å². The molecule has 0 radical (unpaired) electrons. The number of Topliss-reactive ketones (excluding diaryl/α,β-unsaturated/α-hetero) is 1. The van der Waals surface area contributed by atoms with Gasteiger partial charge in [0.15, 0.2) is 0 Å². The molecule has 0 saturated carbocycles. The Kier molecular flexibility index (Phi) is 2.19. The second-order valence-electron chi connectivity index (χ2n) is 3.03. The lowest BCUT2D eigenvalue weighted by Gasteiger charge is -2.04. The molecule has 0 unspecified atom stereocenters. The van der Waals surface area contributed by atoms with Crippen LogP contribution in [-0.4, -0.2) is 17.3 Å². The Morgan fingerprint density at radius 3 is 3.15 bits per heavy atom. The molecule has 0 aromatic carbocycles. The van der Waals surface area contributed by atoms with Crippen molar-refractivity contribution in [2.24, 2.45) is 0 Å². The number of carbonyl (C=O) groups excluding carboxylic acids is 1. The van der Waals surface area contributed by atoms with Crippen molar-refractivity contribution in [1.29, 1.82) is 0 Å². The summed E-state index contributed by atoms with van der Waals surface area (Å²) in [7, 11) is 0. The Balaban J connectivity index is 2.40. The molecule has 1 aliphatic heterocycles. The van der Waals surface area contributed by atoms with E-state index in [1.54, 1.807) is 6.07 Å². The number of halogens is 1. The Bertz CT molecular complexity index is 351. The van der Waals surface area contributed by atoms with E-state index in [1.165, 1.54) is 0 Å². The molecule has 2 rings (SSSR count). The van der Waals surface area contributed by atoms with Gasteiger partial charge in [0.05, 0.1) is 0 Å². The van der Waals surface area contributed by atoms with Gasteiger partial charge in [0.2, 0.25) is 0 Å². The van der Waals surface area contributed by atoms with Crippen molar-refractivity contribution in [1.82, 2.24) is 4.98 Å². The summed E-state index contributed by atoms with van der Waals surface area (Å²) in [6.07, 6.45) is 1.03. The molecule has 68 valence electrons. The van der Waals surface area contributed by atoms with Crippen LogP contribution in [0.25, 0.3) is 0 Å². The summed E-state index contributed by atoms with van der Waals surface area (Å²) in [5.41, 5.74) is 0.937. The molecular weight excluding hydrogens is 188 g/mol. The van der Waals surface area contributed by atoms with Crippen molar-refractivity contribution in [3.8, 4) is 0 Å². The van der Waals surface area contributed by atoms with E-state index in [0.717, 1.165) is 11.4 Å². The quantitative estimate of drug-likeness (QED) is 0.642. The number of hydrogen-bond donors (Lipinski definition) is 1. The van der Waals surface area contributed by atoms with Crippen LogP contribution in [0, 0.1) is 0 Å². The Morgan fingerprint density at radius 2 is 2.31 bits per heavy atom. The van der Waals surface area contributed by atoms with Gasteiger partial charge in [-0.3, -0.25) is 4.79 Å². The smallest absolute Gasteiger partial charge is 0.139 e. The van der Waals surface area contributed by atoms with Gasteiger partial charge >= 0.3 is 0 Å². The Morgan fingerprint density at radius 1 is 1.46 bits per heavy atom. The van der Waals surface area contributed by atoms with Crippen molar-refractivity contribution in [3.63, 3.8) is 0 Å². The highest BCUT2D eigenvalue weighted by Gasteiger charge is 2.13. The molecule has 0 bridgehead atoms.